The highest BCUT2D eigenvalue weighted by molar-refractivity contribution is 5.80. The summed E-state index contributed by atoms with van der Waals surface area (Å²) < 4.78 is 0. The van der Waals surface area contributed by atoms with Gasteiger partial charge in [-0.1, -0.05) is 19.8 Å². The van der Waals surface area contributed by atoms with Crippen molar-refractivity contribution in [2.45, 2.75) is 32.2 Å². The number of amides is 1. The molecule has 0 spiro atoms. The highest BCUT2D eigenvalue weighted by Crippen LogP contribution is 1.97. The molecule has 0 saturated carbocycles. The van der Waals surface area contributed by atoms with Crippen molar-refractivity contribution in [2.24, 2.45) is 5.73 Å². The fraction of sp³-hybridized carbons (Fsp3) is 0.857. The van der Waals surface area contributed by atoms with Crippen LogP contribution in [0.15, 0.2) is 0 Å². The Hall–Kier alpha value is -0.570. The summed E-state index contributed by atoms with van der Waals surface area (Å²) in [6.07, 6.45) is 2.90. The van der Waals surface area contributed by atoms with Crippen molar-refractivity contribution in [3.63, 3.8) is 0 Å². The number of likely N-dealkylation sites (N-methyl/N-ethyl adjacent to an activating group) is 1. The zero-order chi connectivity index (χ0) is 7.98. The van der Waals surface area contributed by atoms with Crippen LogP contribution in [0.1, 0.15) is 26.2 Å². The summed E-state index contributed by atoms with van der Waals surface area (Å²) in [6, 6.07) is -0.315. The first-order chi connectivity index (χ1) is 4.72. The number of nitrogens with one attached hydrogen (secondary N) is 1. The van der Waals surface area contributed by atoms with Crippen LogP contribution in [-0.2, 0) is 4.79 Å². The largest absolute Gasteiger partial charge is 0.358 e. The maximum Gasteiger partial charge on any atom is 0.236 e. The first-order valence-electron chi connectivity index (χ1n) is 3.69. The molecule has 0 bridgehead atoms. The maximum absolute atomic E-state index is 10.8. The Morgan fingerprint density at radius 1 is 1.70 bits per heavy atom. The van der Waals surface area contributed by atoms with Crippen molar-refractivity contribution in [3.8, 4) is 0 Å². The summed E-state index contributed by atoms with van der Waals surface area (Å²) >= 11 is 0. The molecule has 0 unspecified atom stereocenters. The van der Waals surface area contributed by atoms with E-state index in [1.54, 1.807) is 7.05 Å². The fourth-order valence-corrected chi connectivity index (χ4v) is 0.741. The van der Waals surface area contributed by atoms with Crippen LogP contribution in [0.25, 0.3) is 0 Å². The van der Waals surface area contributed by atoms with Gasteiger partial charge in [-0.15, -0.1) is 0 Å². The normalized spacial score (nSPS) is 12.7. The van der Waals surface area contributed by atoms with Crippen LogP contribution in [0.3, 0.4) is 0 Å². The molecule has 0 aliphatic heterocycles. The summed E-state index contributed by atoms with van der Waals surface area (Å²) in [6.45, 7) is 2.08. The van der Waals surface area contributed by atoms with Gasteiger partial charge in [0.15, 0.2) is 0 Å². The summed E-state index contributed by atoms with van der Waals surface area (Å²) in [7, 11) is 1.61. The molecule has 0 aromatic heterocycles. The van der Waals surface area contributed by atoms with Crippen LogP contribution in [0.4, 0.5) is 0 Å². The van der Waals surface area contributed by atoms with Gasteiger partial charge in [-0.3, -0.25) is 4.79 Å². The van der Waals surface area contributed by atoms with E-state index in [0.29, 0.717) is 0 Å². The molecule has 0 aromatic rings. The summed E-state index contributed by atoms with van der Waals surface area (Å²) in [5.74, 6) is -0.0616. The monoisotopic (exact) mass is 144 g/mol. The van der Waals surface area contributed by atoms with E-state index in [4.69, 9.17) is 5.73 Å². The molecular formula is C7H16N2O. The van der Waals surface area contributed by atoms with Gasteiger partial charge in [0.05, 0.1) is 6.04 Å². The second-order valence-corrected chi connectivity index (χ2v) is 2.36. The molecule has 0 rings (SSSR count). The molecule has 0 saturated heterocycles. The molecular weight excluding hydrogens is 128 g/mol. The highest BCUT2D eigenvalue weighted by Gasteiger charge is 2.08. The van der Waals surface area contributed by atoms with Crippen LogP contribution in [0.2, 0.25) is 0 Å². The lowest BCUT2D eigenvalue weighted by molar-refractivity contribution is -0.122. The average Bonchev–Trinajstić information content (AvgIpc) is 1.98. The summed E-state index contributed by atoms with van der Waals surface area (Å²) in [5.41, 5.74) is 5.50. The summed E-state index contributed by atoms with van der Waals surface area (Å²) in [5, 5.41) is 2.51. The van der Waals surface area contributed by atoms with Crippen LogP contribution < -0.4 is 11.1 Å². The molecule has 3 heteroatoms. The lowest BCUT2D eigenvalue weighted by atomic mass is 10.1. The summed E-state index contributed by atoms with van der Waals surface area (Å²) in [4.78, 5) is 10.8. The Kier molecular flexibility index (Phi) is 4.94. The van der Waals surface area contributed by atoms with Gasteiger partial charge in [-0.2, -0.15) is 0 Å². The topological polar surface area (TPSA) is 55.1 Å². The number of carbonyl (C=O) groups is 1. The predicted molar refractivity (Wildman–Crippen MR) is 41.6 cm³/mol. The van der Waals surface area contributed by atoms with Crippen molar-refractivity contribution in [1.82, 2.24) is 5.32 Å². The van der Waals surface area contributed by atoms with Crippen LogP contribution in [0.5, 0.6) is 0 Å². The fourth-order valence-electron chi connectivity index (χ4n) is 0.741. The average molecular weight is 144 g/mol. The Labute approximate surface area is 62.0 Å². The Bertz CT molecular complexity index is 104. The van der Waals surface area contributed by atoms with Crippen molar-refractivity contribution >= 4 is 5.91 Å². The second-order valence-electron chi connectivity index (χ2n) is 2.36. The first-order valence-corrected chi connectivity index (χ1v) is 3.69. The zero-order valence-electron chi connectivity index (χ0n) is 6.68. The molecule has 0 fully saturated rings. The predicted octanol–water partition coefficient (Wildman–Crippen LogP) is 0.250. The van der Waals surface area contributed by atoms with E-state index in [9.17, 15) is 4.79 Å². The minimum Gasteiger partial charge on any atom is -0.358 e. The first kappa shape index (κ1) is 9.43. The SMILES string of the molecule is CCCC[C@@H](N)C(=O)NC. The lowest BCUT2D eigenvalue weighted by Gasteiger charge is -2.07. The van der Waals surface area contributed by atoms with E-state index in [1.165, 1.54) is 0 Å². The number of unbranched alkanes of at least 4 members (excludes halogenated alkanes) is 1. The number of carbonyl (C=O) groups excluding carboxylic acids is 1. The van der Waals surface area contributed by atoms with Gasteiger partial charge in [-0.05, 0) is 6.42 Å². The van der Waals surface area contributed by atoms with E-state index >= 15 is 0 Å². The Balaban J connectivity index is 3.41. The van der Waals surface area contributed by atoms with E-state index in [2.05, 4.69) is 12.2 Å². The molecule has 0 aliphatic rings. The van der Waals surface area contributed by atoms with Crippen molar-refractivity contribution in [1.29, 1.82) is 0 Å². The third kappa shape index (κ3) is 3.45. The molecule has 1 atom stereocenters. The highest BCUT2D eigenvalue weighted by atomic mass is 16.2. The minimum absolute atomic E-state index is 0.0616. The molecule has 3 N–H and O–H groups in total. The van der Waals surface area contributed by atoms with Crippen molar-refractivity contribution in [3.05, 3.63) is 0 Å². The number of nitrogens with two attached hydrogens (primary N) is 1. The standard InChI is InChI=1S/C7H16N2O/c1-3-4-5-6(8)7(10)9-2/h6H,3-5,8H2,1-2H3,(H,9,10)/t6-/m1/s1. The van der Waals surface area contributed by atoms with Gasteiger partial charge in [-0.25, -0.2) is 0 Å². The zero-order valence-corrected chi connectivity index (χ0v) is 6.68. The van der Waals surface area contributed by atoms with Crippen LogP contribution in [-0.4, -0.2) is 19.0 Å². The van der Waals surface area contributed by atoms with Crippen LogP contribution >= 0.6 is 0 Å². The van der Waals surface area contributed by atoms with Gasteiger partial charge in [0.2, 0.25) is 5.91 Å². The molecule has 60 valence electrons. The van der Waals surface area contributed by atoms with E-state index in [1.807, 2.05) is 0 Å². The van der Waals surface area contributed by atoms with Gasteiger partial charge in [0.25, 0.3) is 0 Å². The molecule has 0 radical (unpaired) electrons. The van der Waals surface area contributed by atoms with Crippen LogP contribution in [0, 0.1) is 0 Å². The lowest BCUT2D eigenvalue weighted by Crippen LogP contribution is -2.38. The molecule has 1 amide bonds. The minimum atomic E-state index is -0.315. The number of hydrogen-bond donors (Lipinski definition) is 2. The molecule has 0 aromatic carbocycles. The van der Waals surface area contributed by atoms with E-state index in [-0.39, 0.29) is 11.9 Å². The Morgan fingerprint density at radius 3 is 2.70 bits per heavy atom. The quantitative estimate of drug-likeness (QED) is 0.594. The maximum atomic E-state index is 10.8. The van der Waals surface area contributed by atoms with Crippen molar-refractivity contribution < 1.29 is 4.79 Å². The molecule has 0 aliphatic carbocycles. The van der Waals surface area contributed by atoms with E-state index in [0.717, 1.165) is 19.3 Å². The molecule has 0 heterocycles. The Morgan fingerprint density at radius 2 is 2.30 bits per heavy atom. The van der Waals surface area contributed by atoms with E-state index < -0.39 is 0 Å². The molecule has 3 nitrogen and oxygen atoms in total. The third-order valence-corrected chi connectivity index (χ3v) is 1.45. The molecule has 10 heavy (non-hydrogen) atoms. The van der Waals surface area contributed by atoms with Gasteiger partial charge in [0, 0.05) is 7.05 Å². The van der Waals surface area contributed by atoms with Gasteiger partial charge < -0.3 is 11.1 Å². The number of rotatable bonds is 4. The second kappa shape index (κ2) is 5.23. The number of hydrogen-bond acceptors (Lipinski definition) is 2. The smallest absolute Gasteiger partial charge is 0.236 e. The van der Waals surface area contributed by atoms with Gasteiger partial charge >= 0.3 is 0 Å². The van der Waals surface area contributed by atoms with Gasteiger partial charge in [0.1, 0.15) is 0 Å². The third-order valence-electron chi connectivity index (χ3n) is 1.45. The van der Waals surface area contributed by atoms with Crippen molar-refractivity contribution in [2.75, 3.05) is 7.05 Å².